The van der Waals surface area contributed by atoms with Crippen LogP contribution in [0.4, 0.5) is 11.4 Å². The van der Waals surface area contributed by atoms with E-state index < -0.39 is 11.8 Å². The first-order valence-corrected chi connectivity index (χ1v) is 10.2. The van der Waals surface area contributed by atoms with E-state index in [1.54, 1.807) is 24.3 Å². The van der Waals surface area contributed by atoms with E-state index in [2.05, 4.69) is 39.8 Å². The van der Waals surface area contributed by atoms with Gasteiger partial charge in [0.25, 0.3) is 0 Å². The van der Waals surface area contributed by atoms with Crippen LogP contribution in [-0.2, 0) is 16.0 Å². The summed E-state index contributed by atoms with van der Waals surface area (Å²) in [5.41, 5.74) is 2.81. The lowest BCUT2D eigenvalue weighted by Gasteiger charge is -2.22. The minimum atomic E-state index is -0.718. The molecule has 0 aromatic heterocycles. The molecule has 2 aromatic carbocycles. The number of anilines is 2. The highest BCUT2D eigenvalue weighted by atomic mass is 35.5. The summed E-state index contributed by atoms with van der Waals surface area (Å²) in [4.78, 5) is 26.4. The molecule has 5 nitrogen and oxygen atoms in total. The number of halogens is 1. The van der Waals surface area contributed by atoms with Crippen molar-refractivity contribution in [2.24, 2.45) is 0 Å². The first-order chi connectivity index (χ1) is 13.6. The van der Waals surface area contributed by atoms with Crippen molar-refractivity contribution in [2.75, 3.05) is 29.9 Å². The molecule has 1 aliphatic rings. The largest absolute Gasteiger partial charge is 0.372 e. The fourth-order valence-electron chi connectivity index (χ4n) is 3.34. The number of carbonyl (C=O) groups is 2. The molecule has 1 aliphatic heterocycles. The fourth-order valence-corrected chi connectivity index (χ4v) is 3.53. The molecule has 0 spiro atoms. The second-order valence-corrected chi connectivity index (χ2v) is 7.41. The molecule has 28 heavy (non-hydrogen) atoms. The van der Waals surface area contributed by atoms with Crippen molar-refractivity contribution >= 4 is 34.8 Å². The zero-order valence-corrected chi connectivity index (χ0v) is 16.7. The number of carbonyl (C=O) groups excluding carboxylic acids is 2. The Bertz CT molecular complexity index is 800. The molecular formula is C22H26ClN3O2. The van der Waals surface area contributed by atoms with Crippen LogP contribution in [0.2, 0.25) is 5.02 Å². The third-order valence-corrected chi connectivity index (χ3v) is 5.26. The van der Waals surface area contributed by atoms with Gasteiger partial charge in [0, 0.05) is 25.3 Å². The van der Waals surface area contributed by atoms with Gasteiger partial charge in [0.05, 0.1) is 10.7 Å². The van der Waals surface area contributed by atoms with Gasteiger partial charge in [-0.25, -0.2) is 0 Å². The number of hydrogen-bond acceptors (Lipinski definition) is 3. The van der Waals surface area contributed by atoms with E-state index in [-0.39, 0.29) is 0 Å². The van der Waals surface area contributed by atoms with Gasteiger partial charge in [0.1, 0.15) is 0 Å². The molecule has 1 fully saturated rings. The molecule has 0 aliphatic carbocycles. The topological polar surface area (TPSA) is 61.4 Å². The highest BCUT2D eigenvalue weighted by Gasteiger charge is 2.14. The first kappa shape index (κ1) is 20.2. The number of nitrogens with one attached hydrogen (secondary N) is 2. The summed E-state index contributed by atoms with van der Waals surface area (Å²) in [7, 11) is 0. The zero-order valence-electron chi connectivity index (χ0n) is 15.9. The zero-order chi connectivity index (χ0) is 19.8. The average Bonchev–Trinajstić information content (AvgIpc) is 2.99. The van der Waals surface area contributed by atoms with Gasteiger partial charge >= 0.3 is 11.8 Å². The summed E-state index contributed by atoms with van der Waals surface area (Å²) >= 11 is 5.99. The second kappa shape index (κ2) is 10.1. The van der Waals surface area contributed by atoms with E-state index in [0.29, 0.717) is 23.7 Å². The lowest BCUT2D eigenvalue weighted by Crippen LogP contribution is -2.36. The molecule has 1 heterocycles. The molecule has 0 bridgehead atoms. The van der Waals surface area contributed by atoms with Crippen LogP contribution in [0, 0.1) is 0 Å². The third-order valence-electron chi connectivity index (χ3n) is 4.94. The molecule has 2 N–H and O–H groups in total. The van der Waals surface area contributed by atoms with Crippen LogP contribution < -0.4 is 15.5 Å². The summed E-state index contributed by atoms with van der Waals surface area (Å²) in [6, 6.07) is 15.3. The van der Waals surface area contributed by atoms with E-state index in [9.17, 15) is 9.59 Å². The van der Waals surface area contributed by atoms with E-state index >= 15 is 0 Å². The summed E-state index contributed by atoms with van der Waals surface area (Å²) in [6.07, 6.45) is 5.82. The SMILES string of the molecule is O=C(NCCc1ccc(N2CCCCCC2)cc1)C(=O)Nc1ccccc1Cl. The predicted molar refractivity (Wildman–Crippen MR) is 114 cm³/mol. The quantitative estimate of drug-likeness (QED) is 0.746. The standard InChI is InChI=1S/C22H26ClN3O2/c23-19-7-3-4-8-20(19)25-22(28)21(27)24-14-13-17-9-11-18(12-10-17)26-15-5-1-2-6-16-26/h3-4,7-12H,1-2,5-6,13-16H2,(H,24,27)(H,25,28). The van der Waals surface area contributed by atoms with Gasteiger partial charge in [0.15, 0.2) is 0 Å². The maximum Gasteiger partial charge on any atom is 0.313 e. The summed E-state index contributed by atoms with van der Waals surface area (Å²) < 4.78 is 0. The van der Waals surface area contributed by atoms with E-state index in [0.717, 1.165) is 18.7 Å². The maximum absolute atomic E-state index is 12.0. The number of amides is 2. The van der Waals surface area contributed by atoms with Crippen molar-refractivity contribution in [3.8, 4) is 0 Å². The van der Waals surface area contributed by atoms with Crippen molar-refractivity contribution in [2.45, 2.75) is 32.1 Å². The molecule has 6 heteroatoms. The number of rotatable bonds is 5. The maximum atomic E-state index is 12.0. The Hall–Kier alpha value is -2.53. The van der Waals surface area contributed by atoms with Gasteiger partial charge in [-0.1, -0.05) is 48.7 Å². The van der Waals surface area contributed by atoms with Crippen molar-refractivity contribution in [1.82, 2.24) is 5.32 Å². The monoisotopic (exact) mass is 399 g/mol. The van der Waals surface area contributed by atoms with Gasteiger partial charge in [-0.3, -0.25) is 9.59 Å². The normalized spacial score (nSPS) is 14.2. The van der Waals surface area contributed by atoms with Crippen LogP contribution in [0.3, 0.4) is 0 Å². The van der Waals surface area contributed by atoms with Gasteiger partial charge in [-0.2, -0.15) is 0 Å². The molecule has 0 atom stereocenters. The number of para-hydroxylation sites is 1. The van der Waals surface area contributed by atoms with Crippen molar-refractivity contribution in [1.29, 1.82) is 0 Å². The number of hydrogen-bond donors (Lipinski definition) is 2. The van der Waals surface area contributed by atoms with Crippen molar-refractivity contribution in [3.05, 3.63) is 59.1 Å². The molecule has 2 aromatic rings. The van der Waals surface area contributed by atoms with Crippen LogP contribution in [-0.4, -0.2) is 31.4 Å². The van der Waals surface area contributed by atoms with Crippen molar-refractivity contribution in [3.63, 3.8) is 0 Å². The molecular weight excluding hydrogens is 374 g/mol. The Morgan fingerprint density at radius 3 is 2.25 bits per heavy atom. The van der Waals surface area contributed by atoms with E-state index in [1.165, 1.54) is 31.4 Å². The Labute approximate surface area is 171 Å². The molecule has 0 saturated carbocycles. The Morgan fingerprint density at radius 2 is 1.57 bits per heavy atom. The van der Waals surface area contributed by atoms with Crippen LogP contribution in [0.5, 0.6) is 0 Å². The van der Waals surface area contributed by atoms with Crippen LogP contribution in [0.1, 0.15) is 31.2 Å². The molecule has 0 radical (unpaired) electrons. The lowest BCUT2D eigenvalue weighted by molar-refractivity contribution is -0.136. The molecule has 148 valence electrons. The Kier molecular flexibility index (Phi) is 7.31. The minimum Gasteiger partial charge on any atom is -0.372 e. The smallest absolute Gasteiger partial charge is 0.313 e. The summed E-state index contributed by atoms with van der Waals surface area (Å²) in [6.45, 7) is 2.64. The minimum absolute atomic E-state index is 0.396. The summed E-state index contributed by atoms with van der Waals surface area (Å²) in [5.74, 6) is -1.38. The van der Waals surface area contributed by atoms with E-state index in [4.69, 9.17) is 11.6 Å². The highest BCUT2D eigenvalue weighted by molar-refractivity contribution is 6.41. The Morgan fingerprint density at radius 1 is 0.893 bits per heavy atom. The van der Waals surface area contributed by atoms with Gasteiger partial charge in [-0.05, 0) is 49.1 Å². The molecule has 3 rings (SSSR count). The Balaban J connectivity index is 1.44. The van der Waals surface area contributed by atoms with Crippen LogP contribution in [0.15, 0.2) is 48.5 Å². The van der Waals surface area contributed by atoms with E-state index in [1.807, 2.05) is 0 Å². The lowest BCUT2D eigenvalue weighted by atomic mass is 10.1. The molecule has 2 amide bonds. The van der Waals surface area contributed by atoms with Crippen LogP contribution in [0.25, 0.3) is 0 Å². The van der Waals surface area contributed by atoms with Crippen molar-refractivity contribution < 1.29 is 9.59 Å². The average molecular weight is 400 g/mol. The fraction of sp³-hybridized carbons (Fsp3) is 0.364. The first-order valence-electron chi connectivity index (χ1n) is 9.81. The predicted octanol–water partition coefficient (Wildman–Crippen LogP) is 4.02. The highest BCUT2D eigenvalue weighted by Crippen LogP contribution is 2.21. The number of nitrogens with zero attached hydrogens (tertiary/aromatic N) is 1. The van der Waals surface area contributed by atoms with Gasteiger partial charge in [-0.15, -0.1) is 0 Å². The second-order valence-electron chi connectivity index (χ2n) is 7.01. The number of benzene rings is 2. The third kappa shape index (κ3) is 5.73. The summed E-state index contributed by atoms with van der Waals surface area (Å²) in [5, 5.41) is 5.57. The molecule has 1 saturated heterocycles. The van der Waals surface area contributed by atoms with Gasteiger partial charge < -0.3 is 15.5 Å². The molecule has 0 unspecified atom stereocenters. The van der Waals surface area contributed by atoms with Gasteiger partial charge in [0.2, 0.25) is 0 Å². The van der Waals surface area contributed by atoms with Crippen LogP contribution >= 0.6 is 11.6 Å².